The summed E-state index contributed by atoms with van der Waals surface area (Å²) in [6, 6.07) is 4.45. The number of nitrogens with one attached hydrogen (secondary N) is 1. The third-order valence-electron chi connectivity index (χ3n) is 2.89. The van der Waals surface area contributed by atoms with Gasteiger partial charge in [0, 0.05) is 12.3 Å². The number of para-hydroxylation sites is 1. The van der Waals surface area contributed by atoms with Crippen LogP contribution in [0.25, 0.3) is 11.1 Å². The van der Waals surface area contributed by atoms with Gasteiger partial charge >= 0.3 is 11.7 Å². The molecular formula is C12H10N6O4. The van der Waals surface area contributed by atoms with Gasteiger partial charge in [-0.25, -0.2) is 10.4 Å². The number of anilines is 1. The SMILES string of the molecule is NC(=O)C1=CN(Nc2nc3cccc([N+](=O)[O-])c3o2)C=NC1. The first-order valence-electron chi connectivity index (χ1n) is 6.14. The van der Waals surface area contributed by atoms with Crippen molar-refractivity contribution in [1.82, 2.24) is 9.99 Å². The zero-order valence-electron chi connectivity index (χ0n) is 11.1. The van der Waals surface area contributed by atoms with E-state index in [1.54, 1.807) is 6.07 Å². The summed E-state index contributed by atoms with van der Waals surface area (Å²) in [5.41, 5.74) is 8.43. The van der Waals surface area contributed by atoms with Gasteiger partial charge in [-0.2, -0.15) is 4.98 Å². The smallest absolute Gasteiger partial charge is 0.315 e. The third kappa shape index (κ3) is 2.44. The number of aliphatic imine (C=N–C) groups is 1. The van der Waals surface area contributed by atoms with Gasteiger partial charge in [0.25, 0.3) is 0 Å². The molecule has 2 heterocycles. The number of fused-ring (bicyclic) bond motifs is 1. The summed E-state index contributed by atoms with van der Waals surface area (Å²) in [6.45, 7) is 0.187. The summed E-state index contributed by atoms with van der Waals surface area (Å²) in [6.07, 6.45) is 2.86. The number of nitro benzene ring substituents is 1. The Balaban J connectivity index is 1.90. The maximum Gasteiger partial charge on any atom is 0.315 e. The number of aromatic nitrogens is 1. The van der Waals surface area contributed by atoms with Gasteiger partial charge in [-0.1, -0.05) is 6.07 Å². The van der Waals surface area contributed by atoms with Gasteiger partial charge in [0.15, 0.2) is 0 Å². The second kappa shape index (κ2) is 5.16. The Kier molecular flexibility index (Phi) is 3.18. The molecule has 1 amide bonds. The van der Waals surface area contributed by atoms with Crippen LogP contribution in [0.15, 0.2) is 39.4 Å². The van der Waals surface area contributed by atoms with E-state index in [1.807, 2.05) is 0 Å². The Hall–Kier alpha value is -3.43. The average molecular weight is 302 g/mol. The highest BCUT2D eigenvalue weighted by atomic mass is 16.6. The molecule has 0 unspecified atom stereocenters. The van der Waals surface area contributed by atoms with Crippen LogP contribution in [0.3, 0.4) is 0 Å². The normalized spacial score (nSPS) is 14.0. The summed E-state index contributed by atoms with van der Waals surface area (Å²) in [5, 5.41) is 12.3. The van der Waals surface area contributed by atoms with Gasteiger partial charge in [-0.3, -0.25) is 19.9 Å². The van der Waals surface area contributed by atoms with Crippen molar-refractivity contribution in [3.05, 3.63) is 40.1 Å². The number of carbonyl (C=O) groups excluding carboxylic acids is 1. The van der Waals surface area contributed by atoms with E-state index in [4.69, 9.17) is 10.2 Å². The van der Waals surface area contributed by atoms with Gasteiger partial charge in [0.1, 0.15) is 11.9 Å². The maximum atomic E-state index is 11.1. The standard InChI is InChI=1S/C12H10N6O4/c13-11(19)7-4-14-6-17(5-7)16-12-15-8-2-1-3-9(18(20)21)10(8)22-12/h1-3,5-6H,4H2,(H2,13,19)(H,15,16). The number of primary amides is 1. The van der Waals surface area contributed by atoms with E-state index in [1.165, 1.54) is 29.7 Å². The molecule has 10 heteroatoms. The van der Waals surface area contributed by atoms with Crippen molar-refractivity contribution in [2.45, 2.75) is 0 Å². The summed E-state index contributed by atoms with van der Waals surface area (Å²) in [5.74, 6) is -0.586. The first-order valence-corrected chi connectivity index (χ1v) is 6.14. The molecule has 0 aliphatic carbocycles. The lowest BCUT2D eigenvalue weighted by Crippen LogP contribution is -2.29. The monoisotopic (exact) mass is 302 g/mol. The second-order valence-electron chi connectivity index (χ2n) is 4.40. The number of non-ortho nitro benzene ring substituents is 1. The van der Waals surface area contributed by atoms with Crippen molar-refractivity contribution in [1.29, 1.82) is 0 Å². The second-order valence-corrected chi connectivity index (χ2v) is 4.40. The highest BCUT2D eigenvalue weighted by Crippen LogP contribution is 2.28. The average Bonchev–Trinajstić information content (AvgIpc) is 2.89. The molecule has 1 aromatic carbocycles. The van der Waals surface area contributed by atoms with E-state index < -0.39 is 10.8 Å². The van der Waals surface area contributed by atoms with Crippen LogP contribution in [0, 0.1) is 10.1 Å². The summed E-state index contributed by atoms with van der Waals surface area (Å²) >= 11 is 0. The molecule has 0 fully saturated rings. The number of benzene rings is 1. The third-order valence-corrected chi connectivity index (χ3v) is 2.89. The fourth-order valence-corrected chi connectivity index (χ4v) is 1.91. The zero-order chi connectivity index (χ0) is 15.7. The lowest BCUT2D eigenvalue weighted by Gasteiger charge is -2.18. The molecule has 22 heavy (non-hydrogen) atoms. The number of rotatable bonds is 4. The molecule has 3 rings (SSSR count). The predicted molar refractivity (Wildman–Crippen MR) is 76.8 cm³/mol. The van der Waals surface area contributed by atoms with E-state index in [0.717, 1.165) is 0 Å². The number of hydrogen-bond donors (Lipinski definition) is 2. The van der Waals surface area contributed by atoms with E-state index in [0.29, 0.717) is 11.1 Å². The Labute approximate surface area is 123 Å². The lowest BCUT2D eigenvalue weighted by atomic mass is 10.2. The van der Waals surface area contributed by atoms with Gasteiger partial charge < -0.3 is 10.2 Å². The Morgan fingerprint density at radius 1 is 1.50 bits per heavy atom. The van der Waals surface area contributed by atoms with Crippen molar-refractivity contribution in [3.63, 3.8) is 0 Å². The zero-order valence-corrected chi connectivity index (χ0v) is 11.1. The molecule has 3 N–H and O–H groups in total. The molecule has 0 atom stereocenters. The molecule has 1 aromatic heterocycles. The van der Waals surface area contributed by atoms with Crippen LogP contribution >= 0.6 is 0 Å². The Bertz CT molecular complexity index is 824. The molecule has 0 bridgehead atoms. The van der Waals surface area contributed by atoms with Gasteiger partial charge in [-0.15, -0.1) is 0 Å². The van der Waals surface area contributed by atoms with Crippen molar-refractivity contribution in [2.24, 2.45) is 10.7 Å². The molecule has 0 saturated heterocycles. The highest BCUT2D eigenvalue weighted by Gasteiger charge is 2.19. The molecular weight excluding hydrogens is 292 g/mol. The number of nitrogens with two attached hydrogens (primary N) is 1. The van der Waals surface area contributed by atoms with Gasteiger partial charge in [-0.05, 0) is 6.07 Å². The van der Waals surface area contributed by atoms with Crippen LogP contribution in [0.4, 0.5) is 11.7 Å². The fraction of sp³-hybridized carbons (Fsp3) is 0.0833. The van der Waals surface area contributed by atoms with E-state index in [2.05, 4.69) is 15.4 Å². The van der Waals surface area contributed by atoms with Crippen molar-refractivity contribution in [3.8, 4) is 0 Å². The number of carbonyl (C=O) groups is 1. The largest absolute Gasteiger partial charge is 0.415 e. The molecule has 1 aliphatic rings. The number of amides is 1. The van der Waals surface area contributed by atoms with Crippen molar-refractivity contribution in [2.75, 3.05) is 12.0 Å². The topological polar surface area (TPSA) is 140 Å². The number of hydrogen-bond acceptors (Lipinski definition) is 8. The quantitative estimate of drug-likeness (QED) is 0.628. The maximum absolute atomic E-state index is 11.1. The molecule has 0 saturated carbocycles. The highest BCUT2D eigenvalue weighted by molar-refractivity contribution is 5.93. The number of nitro groups is 1. The van der Waals surface area contributed by atoms with Crippen LogP contribution in [0.5, 0.6) is 0 Å². The molecule has 1 aliphatic heterocycles. The van der Waals surface area contributed by atoms with Gasteiger partial charge in [0.2, 0.25) is 11.5 Å². The van der Waals surface area contributed by atoms with Crippen LogP contribution < -0.4 is 11.2 Å². The summed E-state index contributed by atoms with van der Waals surface area (Å²) < 4.78 is 5.35. The van der Waals surface area contributed by atoms with Gasteiger partial charge in [0.05, 0.1) is 17.0 Å². The minimum absolute atomic E-state index is 0.0257. The summed E-state index contributed by atoms with van der Waals surface area (Å²) in [4.78, 5) is 29.5. The van der Waals surface area contributed by atoms with Crippen LogP contribution in [-0.4, -0.2) is 33.7 Å². The first kappa shape index (κ1) is 13.5. The fourth-order valence-electron chi connectivity index (χ4n) is 1.91. The minimum atomic E-state index is -0.586. The van der Waals surface area contributed by atoms with E-state index in [9.17, 15) is 14.9 Å². The Morgan fingerprint density at radius 2 is 2.32 bits per heavy atom. The number of nitrogens with zero attached hydrogens (tertiary/aromatic N) is 4. The van der Waals surface area contributed by atoms with Crippen LogP contribution in [-0.2, 0) is 4.79 Å². The van der Waals surface area contributed by atoms with Crippen LogP contribution in [0.1, 0.15) is 0 Å². The lowest BCUT2D eigenvalue weighted by molar-refractivity contribution is -0.383. The Morgan fingerprint density at radius 3 is 3.05 bits per heavy atom. The molecule has 0 radical (unpaired) electrons. The predicted octanol–water partition coefficient (Wildman–Crippen LogP) is 0.776. The van der Waals surface area contributed by atoms with Crippen molar-refractivity contribution >= 4 is 35.0 Å². The molecule has 2 aromatic rings. The van der Waals surface area contributed by atoms with Crippen LogP contribution in [0.2, 0.25) is 0 Å². The summed E-state index contributed by atoms with van der Waals surface area (Å²) in [7, 11) is 0. The van der Waals surface area contributed by atoms with E-state index in [-0.39, 0.29) is 23.8 Å². The van der Waals surface area contributed by atoms with E-state index >= 15 is 0 Å². The minimum Gasteiger partial charge on any atom is -0.415 e. The molecule has 0 spiro atoms. The molecule has 10 nitrogen and oxygen atoms in total. The number of oxazole rings is 1. The number of hydrazine groups is 1. The molecule has 112 valence electrons. The first-order chi connectivity index (χ1) is 10.5. The van der Waals surface area contributed by atoms with Crippen molar-refractivity contribution < 1.29 is 14.1 Å².